The number of hydrogen-bond acceptors (Lipinski definition) is 1. The average Bonchev–Trinajstić information content (AvgIpc) is 2.75. The maximum absolute atomic E-state index is 16.2. The van der Waals surface area contributed by atoms with E-state index in [1.807, 2.05) is 64.1 Å². The second-order valence-electron chi connectivity index (χ2n) is 7.31. The Kier molecular flexibility index (Phi) is 8.31. The molecule has 0 saturated heterocycles. The van der Waals surface area contributed by atoms with Crippen LogP contribution in [0.25, 0.3) is 16.3 Å². The molecule has 0 aliphatic heterocycles. The molecule has 1 aliphatic carbocycles. The van der Waals surface area contributed by atoms with E-state index < -0.39 is 11.6 Å². The van der Waals surface area contributed by atoms with Crippen LogP contribution in [-0.4, -0.2) is 10.7 Å². The molecule has 3 rings (SSSR count). The molecule has 0 fully saturated rings. The van der Waals surface area contributed by atoms with Gasteiger partial charge in [-0.15, -0.1) is 0 Å². The molecule has 0 bridgehead atoms. The Bertz CT molecular complexity index is 905. The van der Waals surface area contributed by atoms with Crippen LogP contribution in [0.3, 0.4) is 0 Å². The summed E-state index contributed by atoms with van der Waals surface area (Å²) in [4.78, 5) is 4.59. The minimum absolute atomic E-state index is 0.0765. The lowest BCUT2D eigenvalue weighted by Gasteiger charge is -2.35. The molecule has 2 atom stereocenters. The first-order valence-corrected chi connectivity index (χ1v) is 10.8. The second kappa shape index (κ2) is 10.5. The Hall–Kier alpha value is -2.29. The molecule has 1 heterocycles. The highest BCUT2D eigenvalue weighted by Crippen LogP contribution is 2.47. The summed E-state index contributed by atoms with van der Waals surface area (Å²) in [7, 11) is 0. The van der Waals surface area contributed by atoms with E-state index in [9.17, 15) is 4.39 Å². The van der Waals surface area contributed by atoms with E-state index in [-0.39, 0.29) is 12.2 Å². The Labute approximate surface area is 174 Å². The number of aromatic nitrogens is 1. The molecule has 1 nitrogen and oxygen atoms in total. The normalized spacial score (nSPS) is 19.0. The number of fused-ring (bicyclic) bond motifs is 1. The summed E-state index contributed by atoms with van der Waals surface area (Å²) in [5.41, 5.74) is 0.525. The summed E-state index contributed by atoms with van der Waals surface area (Å²) < 4.78 is 30.7. The Morgan fingerprint density at radius 2 is 1.90 bits per heavy atom. The van der Waals surface area contributed by atoms with Crippen LogP contribution in [0.1, 0.15) is 66.0 Å². The third-order valence-corrected chi connectivity index (χ3v) is 5.35. The monoisotopic (exact) mass is 397 g/mol. The van der Waals surface area contributed by atoms with Crippen LogP contribution in [0.4, 0.5) is 8.78 Å². The highest BCUT2D eigenvalue weighted by molar-refractivity contribution is 5.93. The highest BCUT2D eigenvalue weighted by atomic mass is 19.1. The van der Waals surface area contributed by atoms with Crippen LogP contribution in [0, 0.1) is 5.92 Å². The molecule has 0 N–H and O–H groups in total. The van der Waals surface area contributed by atoms with Gasteiger partial charge in [-0.25, -0.2) is 8.78 Å². The maximum Gasteiger partial charge on any atom is 0.136 e. The van der Waals surface area contributed by atoms with Crippen LogP contribution in [0.2, 0.25) is 0 Å². The molecule has 29 heavy (non-hydrogen) atoms. The van der Waals surface area contributed by atoms with Gasteiger partial charge in [0.2, 0.25) is 0 Å². The third-order valence-electron chi connectivity index (χ3n) is 5.35. The van der Waals surface area contributed by atoms with Crippen molar-refractivity contribution in [3.8, 4) is 0 Å². The largest absolute Gasteiger partial charge is 0.256 e. The van der Waals surface area contributed by atoms with E-state index in [0.29, 0.717) is 18.4 Å². The molecular formula is C26H33F2N. The lowest BCUT2D eigenvalue weighted by Crippen LogP contribution is -2.34. The van der Waals surface area contributed by atoms with Crippen LogP contribution in [-0.2, 0) is 0 Å². The smallest absolute Gasteiger partial charge is 0.136 e. The van der Waals surface area contributed by atoms with Gasteiger partial charge < -0.3 is 0 Å². The molecule has 1 aromatic carbocycles. The fourth-order valence-electron chi connectivity index (χ4n) is 3.94. The number of benzene rings is 1. The summed E-state index contributed by atoms with van der Waals surface area (Å²) >= 11 is 0. The summed E-state index contributed by atoms with van der Waals surface area (Å²) in [6.45, 7) is 9.70. The lowest BCUT2D eigenvalue weighted by molar-refractivity contribution is 0.150. The van der Waals surface area contributed by atoms with Crippen LogP contribution < -0.4 is 0 Å². The average molecular weight is 398 g/mol. The minimum atomic E-state index is -1.59. The van der Waals surface area contributed by atoms with Crippen molar-refractivity contribution in [2.24, 2.45) is 5.92 Å². The van der Waals surface area contributed by atoms with Crippen LogP contribution >= 0.6 is 0 Å². The maximum atomic E-state index is 16.2. The van der Waals surface area contributed by atoms with E-state index >= 15 is 4.39 Å². The van der Waals surface area contributed by atoms with Crippen molar-refractivity contribution in [3.05, 3.63) is 71.9 Å². The van der Waals surface area contributed by atoms with Crippen molar-refractivity contribution in [3.63, 3.8) is 0 Å². The molecule has 3 heteroatoms. The predicted molar refractivity (Wildman–Crippen MR) is 121 cm³/mol. The van der Waals surface area contributed by atoms with Gasteiger partial charge >= 0.3 is 0 Å². The quantitative estimate of drug-likeness (QED) is 0.446. The standard InChI is InChI=1S/C24H27F2N.C2H6/c1-4-6-13-24(26,12-5-2)21-16-22(25)17(3)15-20(21)23-19-10-8-7-9-18(19)11-14-27-23;1-2/h6-11,13-15,21H,4-5,12,16H2,1-3H3;1-2H3. The van der Waals surface area contributed by atoms with E-state index in [2.05, 4.69) is 4.98 Å². The topological polar surface area (TPSA) is 12.9 Å². The Morgan fingerprint density at radius 1 is 1.17 bits per heavy atom. The molecule has 1 aliphatic rings. The SMILES string of the molecule is CC.CCC=CC(F)(CCC)C1CC(F)=C(C)C=C1c1nccc2ccccc12. The van der Waals surface area contributed by atoms with E-state index in [0.717, 1.165) is 28.5 Å². The number of allylic oxidation sites excluding steroid dienone is 6. The molecule has 156 valence electrons. The van der Waals surface area contributed by atoms with Crippen LogP contribution in [0.5, 0.6) is 0 Å². The summed E-state index contributed by atoms with van der Waals surface area (Å²) in [5.74, 6) is -0.811. The van der Waals surface area contributed by atoms with Crippen molar-refractivity contribution in [1.29, 1.82) is 0 Å². The van der Waals surface area contributed by atoms with Gasteiger partial charge in [0.05, 0.1) is 5.69 Å². The van der Waals surface area contributed by atoms with E-state index in [1.54, 1.807) is 25.3 Å². The first-order valence-electron chi connectivity index (χ1n) is 10.8. The molecule has 0 spiro atoms. The minimum Gasteiger partial charge on any atom is -0.256 e. The number of nitrogens with zero attached hydrogens (tertiary/aromatic N) is 1. The molecule has 0 radical (unpaired) electrons. The van der Waals surface area contributed by atoms with Gasteiger partial charge in [0.1, 0.15) is 11.5 Å². The molecular weight excluding hydrogens is 364 g/mol. The number of rotatable bonds is 6. The summed E-state index contributed by atoms with van der Waals surface area (Å²) in [6.07, 6.45) is 8.94. The fourth-order valence-corrected chi connectivity index (χ4v) is 3.94. The van der Waals surface area contributed by atoms with E-state index in [4.69, 9.17) is 0 Å². The summed E-state index contributed by atoms with van der Waals surface area (Å²) in [6, 6.07) is 9.91. The van der Waals surface area contributed by atoms with Gasteiger partial charge in [-0.05, 0) is 42.4 Å². The molecule has 2 unspecified atom stereocenters. The van der Waals surface area contributed by atoms with Crippen molar-refractivity contribution < 1.29 is 8.78 Å². The molecule has 1 aromatic heterocycles. The number of alkyl halides is 1. The molecule has 0 saturated carbocycles. The van der Waals surface area contributed by atoms with Crippen molar-refractivity contribution >= 4 is 16.3 Å². The van der Waals surface area contributed by atoms with Crippen molar-refractivity contribution in [2.75, 3.05) is 0 Å². The van der Waals surface area contributed by atoms with Gasteiger partial charge in [-0.2, -0.15) is 0 Å². The summed E-state index contributed by atoms with van der Waals surface area (Å²) in [5, 5.41) is 2.03. The number of halogens is 2. The number of pyridine rings is 1. The zero-order valence-corrected chi connectivity index (χ0v) is 18.3. The van der Waals surface area contributed by atoms with Gasteiger partial charge in [0.25, 0.3) is 0 Å². The third kappa shape index (κ3) is 5.01. The first-order chi connectivity index (χ1) is 14.0. The van der Waals surface area contributed by atoms with Gasteiger partial charge in [-0.1, -0.05) is 76.6 Å². The van der Waals surface area contributed by atoms with Crippen molar-refractivity contribution in [2.45, 2.75) is 66.0 Å². The zero-order valence-electron chi connectivity index (χ0n) is 18.3. The van der Waals surface area contributed by atoms with Crippen LogP contribution in [0.15, 0.2) is 66.2 Å². The van der Waals surface area contributed by atoms with Crippen molar-refractivity contribution in [1.82, 2.24) is 4.98 Å². The highest BCUT2D eigenvalue weighted by Gasteiger charge is 2.41. The predicted octanol–water partition coefficient (Wildman–Crippen LogP) is 8.38. The lowest BCUT2D eigenvalue weighted by atomic mass is 9.73. The van der Waals surface area contributed by atoms with Gasteiger partial charge in [-0.3, -0.25) is 4.98 Å². The first kappa shape index (κ1) is 23.0. The molecule has 2 aromatic rings. The fraction of sp³-hybridized carbons (Fsp3) is 0.423. The van der Waals surface area contributed by atoms with E-state index in [1.165, 1.54) is 0 Å². The Morgan fingerprint density at radius 3 is 2.59 bits per heavy atom. The van der Waals surface area contributed by atoms with Gasteiger partial charge in [0.15, 0.2) is 0 Å². The second-order valence-corrected chi connectivity index (χ2v) is 7.31. The Balaban J connectivity index is 0.00000145. The van der Waals surface area contributed by atoms with Gasteiger partial charge in [0, 0.05) is 23.9 Å². The number of hydrogen-bond donors (Lipinski definition) is 0. The molecule has 0 amide bonds. The zero-order chi connectivity index (χ0) is 21.4.